The maximum Gasteiger partial charge on any atom is 0.143 e. The van der Waals surface area contributed by atoms with Gasteiger partial charge in [0.2, 0.25) is 0 Å². The number of halogens is 1. The average Bonchev–Trinajstić information content (AvgIpc) is 2.58. The van der Waals surface area contributed by atoms with E-state index in [9.17, 15) is 0 Å². The Morgan fingerprint density at radius 3 is 2.63 bits per heavy atom. The van der Waals surface area contributed by atoms with Crippen molar-refractivity contribution < 1.29 is 4.74 Å². The number of fused-ring (bicyclic) bond motifs is 1. The number of nitrogens with one attached hydrogen (secondary N) is 1. The number of aromatic nitrogens is 1. The van der Waals surface area contributed by atoms with Crippen LogP contribution in [0.25, 0.3) is 10.9 Å². The van der Waals surface area contributed by atoms with E-state index in [0.29, 0.717) is 6.04 Å². The number of methoxy groups -OCH3 is 1. The predicted molar refractivity (Wildman–Crippen MR) is 83.9 cm³/mol. The maximum atomic E-state index is 5.52. The second kappa shape index (κ2) is 5.55. The van der Waals surface area contributed by atoms with E-state index < -0.39 is 0 Å². The first kappa shape index (κ1) is 14.4. The lowest BCUT2D eigenvalue weighted by Gasteiger charge is -2.10. The van der Waals surface area contributed by atoms with Crippen molar-refractivity contribution in [3.63, 3.8) is 0 Å². The summed E-state index contributed by atoms with van der Waals surface area (Å²) in [6.45, 7) is 7.24. The highest BCUT2D eigenvalue weighted by atomic mass is 79.9. The van der Waals surface area contributed by atoms with Crippen LogP contribution in [0.2, 0.25) is 0 Å². The predicted octanol–water partition coefficient (Wildman–Crippen LogP) is 3.76. The molecule has 1 aromatic heterocycles. The van der Waals surface area contributed by atoms with Crippen molar-refractivity contribution in [1.82, 2.24) is 9.88 Å². The maximum absolute atomic E-state index is 5.52. The fraction of sp³-hybridized carbons (Fsp3) is 0.467. The monoisotopic (exact) mass is 324 g/mol. The van der Waals surface area contributed by atoms with Crippen LogP contribution in [-0.4, -0.2) is 17.7 Å². The molecular weight excluding hydrogens is 304 g/mol. The lowest BCUT2D eigenvalue weighted by molar-refractivity contribution is 0.417. The third-order valence-corrected chi connectivity index (χ3v) is 4.23. The van der Waals surface area contributed by atoms with Crippen molar-refractivity contribution in [2.45, 2.75) is 33.4 Å². The Morgan fingerprint density at radius 1 is 1.37 bits per heavy atom. The summed E-state index contributed by atoms with van der Waals surface area (Å²) in [5.41, 5.74) is 3.59. The van der Waals surface area contributed by atoms with Gasteiger partial charge in [-0.3, -0.25) is 0 Å². The number of ether oxygens (including phenoxy) is 1. The zero-order chi connectivity index (χ0) is 14.2. The third-order valence-electron chi connectivity index (χ3n) is 3.35. The van der Waals surface area contributed by atoms with E-state index in [1.165, 1.54) is 16.6 Å². The van der Waals surface area contributed by atoms with Crippen LogP contribution in [0.5, 0.6) is 5.75 Å². The van der Waals surface area contributed by atoms with Gasteiger partial charge in [-0.2, -0.15) is 0 Å². The first-order valence-electron chi connectivity index (χ1n) is 6.50. The summed E-state index contributed by atoms with van der Waals surface area (Å²) in [6, 6.07) is 4.74. The molecule has 1 heterocycles. The van der Waals surface area contributed by atoms with Gasteiger partial charge >= 0.3 is 0 Å². The third kappa shape index (κ3) is 2.65. The molecular formula is C15H21BrN2O. The molecule has 0 aliphatic rings. The van der Waals surface area contributed by atoms with Crippen molar-refractivity contribution >= 4 is 26.8 Å². The van der Waals surface area contributed by atoms with Gasteiger partial charge in [-0.15, -0.1) is 0 Å². The molecule has 0 fully saturated rings. The number of benzene rings is 1. The Bertz CT molecular complexity index is 602. The average molecular weight is 325 g/mol. The van der Waals surface area contributed by atoms with Crippen LogP contribution in [0.4, 0.5) is 0 Å². The van der Waals surface area contributed by atoms with Crippen LogP contribution in [0.15, 0.2) is 16.6 Å². The summed E-state index contributed by atoms with van der Waals surface area (Å²) < 4.78 is 8.88. The molecule has 1 aromatic carbocycles. The molecule has 0 aliphatic carbocycles. The fourth-order valence-corrected chi connectivity index (χ4v) is 3.06. The molecule has 0 unspecified atom stereocenters. The highest BCUT2D eigenvalue weighted by Gasteiger charge is 2.17. The second-order valence-corrected chi connectivity index (χ2v) is 6.01. The largest absolute Gasteiger partial charge is 0.495 e. The van der Waals surface area contributed by atoms with Crippen LogP contribution in [0, 0.1) is 6.92 Å². The van der Waals surface area contributed by atoms with Crippen LogP contribution in [0.1, 0.15) is 25.1 Å². The Morgan fingerprint density at radius 2 is 2.05 bits per heavy atom. The van der Waals surface area contributed by atoms with Gasteiger partial charge in [-0.05, 0) is 40.5 Å². The molecule has 0 bridgehead atoms. The molecule has 3 nitrogen and oxygen atoms in total. The topological polar surface area (TPSA) is 26.2 Å². The van der Waals surface area contributed by atoms with Crippen molar-refractivity contribution in [2.75, 3.05) is 7.11 Å². The molecule has 0 radical (unpaired) electrons. The molecule has 0 atom stereocenters. The first-order valence-corrected chi connectivity index (χ1v) is 7.29. The van der Waals surface area contributed by atoms with Gasteiger partial charge in [0, 0.05) is 35.2 Å². The Hall–Kier alpha value is -1.00. The highest BCUT2D eigenvalue weighted by molar-refractivity contribution is 9.10. The summed E-state index contributed by atoms with van der Waals surface area (Å²) in [6.07, 6.45) is 0. The van der Waals surface area contributed by atoms with Gasteiger partial charge in [0.05, 0.1) is 12.6 Å². The van der Waals surface area contributed by atoms with Crippen molar-refractivity contribution in [3.8, 4) is 5.75 Å². The van der Waals surface area contributed by atoms with Crippen molar-refractivity contribution in [1.29, 1.82) is 0 Å². The van der Waals surface area contributed by atoms with E-state index in [-0.39, 0.29) is 0 Å². The van der Waals surface area contributed by atoms with Crippen LogP contribution < -0.4 is 10.1 Å². The Labute approximate surface area is 123 Å². The Balaban J connectivity index is 2.61. The number of hydrogen-bond donors (Lipinski definition) is 1. The summed E-state index contributed by atoms with van der Waals surface area (Å²) in [5, 5.41) is 4.67. The lowest BCUT2D eigenvalue weighted by atomic mass is 10.1. The lowest BCUT2D eigenvalue weighted by Crippen LogP contribution is -2.23. The normalized spacial score (nSPS) is 11.5. The van der Waals surface area contributed by atoms with E-state index in [4.69, 9.17) is 4.74 Å². The zero-order valence-electron chi connectivity index (χ0n) is 12.2. The molecule has 0 spiro atoms. The minimum absolute atomic E-state index is 0.466. The fourth-order valence-electron chi connectivity index (χ4n) is 2.35. The number of aryl methyl sites for hydroxylation is 2. The molecule has 104 valence electrons. The number of hydrogen-bond acceptors (Lipinski definition) is 2. The van der Waals surface area contributed by atoms with Crippen LogP contribution in [-0.2, 0) is 13.6 Å². The smallest absolute Gasteiger partial charge is 0.143 e. The first-order chi connectivity index (χ1) is 8.95. The van der Waals surface area contributed by atoms with Crippen molar-refractivity contribution in [2.24, 2.45) is 7.05 Å². The molecule has 2 aromatic rings. The van der Waals surface area contributed by atoms with Gasteiger partial charge in [-0.25, -0.2) is 0 Å². The van der Waals surface area contributed by atoms with Crippen molar-refractivity contribution in [3.05, 3.63) is 27.9 Å². The summed E-state index contributed by atoms with van der Waals surface area (Å²) >= 11 is 3.73. The molecule has 1 N–H and O–H groups in total. The molecule has 2 rings (SSSR count). The summed E-state index contributed by atoms with van der Waals surface area (Å²) in [4.78, 5) is 0. The minimum atomic E-state index is 0.466. The molecule has 0 amide bonds. The van der Waals surface area contributed by atoms with Gasteiger partial charge < -0.3 is 14.6 Å². The van der Waals surface area contributed by atoms with E-state index in [1.54, 1.807) is 7.11 Å². The summed E-state index contributed by atoms with van der Waals surface area (Å²) in [5.74, 6) is 0.925. The quantitative estimate of drug-likeness (QED) is 0.926. The number of nitrogens with zero attached hydrogens (tertiary/aromatic N) is 1. The Kier molecular flexibility index (Phi) is 4.21. The second-order valence-electron chi connectivity index (χ2n) is 5.22. The standard InChI is InChI=1S/C15H21BrN2O/c1-9(2)17-8-12-14(16)11-6-10(3)7-13(19-5)15(11)18(12)4/h6-7,9,17H,8H2,1-5H3. The van der Waals surface area contributed by atoms with Gasteiger partial charge in [0.15, 0.2) is 0 Å². The zero-order valence-corrected chi connectivity index (χ0v) is 13.8. The molecule has 4 heteroatoms. The minimum Gasteiger partial charge on any atom is -0.495 e. The molecule has 0 saturated heterocycles. The highest BCUT2D eigenvalue weighted by Crippen LogP contribution is 2.36. The summed E-state index contributed by atoms with van der Waals surface area (Å²) in [7, 11) is 3.81. The van der Waals surface area contributed by atoms with Crippen LogP contribution in [0.3, 0.4) is 0 Å². The van der Waals surface area contributed by atoms with E-state index in [1.807, 2.05) is 0 Å². The molecule has 0 saturated carbocycles. The van der Waals surface area contributed by atoms with E-state index >= 15 is 0 Å². The van der Waals surface area contributed by atoms with Crippen LogP contribution >= 0.6 is 15.9 Å². The van der Waals surface area contributed by atoms with Gasteiger partial charge in [0.1, 0.15) is 5.75 Å². The van der Waals surface area contributed by atoms with E-state index in [2.05, 4.69) is 65.8 Å². The molecule has 19 heavy (non-hydrogen) atoms. The van der Waals surface area contributed by atoms with Gasteiger partial charge in [-0.1, -0.05) is 13.8 Å². The SMILES string of the molecule is COc1cc(C)cc2c(Br)c(CNC(C)C)n(C)c12. The van der Waals surface area contributed by atoms with Gasteiger partial charge in [0.25, 0.3) is 0 Å². The molecule has 0 aliphatic heterocycles. The van der Waals surface area contributed by atoms with E-state index in [0.717, 1.165) is 22.3 Å². The number of rotatable bonds is 4.